The molecule has 0 N–H and O–H groups in total. The third-order valence-electron chi connectivity index (χ3n) is 12.3. The number of hydrazine groups is 1. The standard InChI is InChI=1S/C52H44ClN7O12/c1-52(2)39-40(44(53)55-60-45(39)54-56-57-60)58-37(51(66)67-3)29-36(59(52)58)41(70-48(63)33-23-13-6-14-24-33)43(72-50(65)35-27-17-8-18-28-35)42(71-49(64)34-25-15-7-16-26-34)38(69-47(62)32-21-11-5-12-22-32)30-68-46(61)31-19-9-4-10-20-31/h4-28,36-38,41-43H,29-30H2,1-3H3/t36-,37-,38+,41-,42+,43+/m0/s1. The molecule has 0 spiro atoms. The highest BCUT2D eigenvalue weighted by molar-refractivity contribution is 6.32. The van der Waals surface area contributed by atoms with Crippen LogP contribution in [0.15, 0.2) is 152 Å². The smallest absolute Gasteiger partial charge is 0.338 e. The van der Waals surface area contributed by atoms with E-state index >= 15 is 0 Å². The van der Waals surface area contributed by atoms with Crippen LogP contribution in [0, 0.1) is 0 Å². The van der Waals surface area contributed by atoms with Crippen LogP contribution < -0.4 is 5.01 Å². The van der Waals surface area contributed by atoms with E-state index in [1.165, 1.54) is 67.8 Å². The van der Waals surface area contributed by atoms with Gasteiger partial charge in [0.25, 0.3) is 0 Å². The lowest BCUT2D eigenvalue weighted by Crippen LogP contribution is -2.61. The second-order valence-corrected chi connectivity index (χ2v) is 17.4. The van der Waals surface area contributed by atoms with E-state index in [4.69, 9.17) is 40.0 Å². The predicted molar refractivity (Wildman–Crippen MR) is 254 cm³/mol. The lowest BCUT2D eigenvalue weighted by atomic mass is 9.88. The van der Waals surface area contributed by atoms with Gasteiger partial charge in [-0.1, -0.05) is 103 Å². The summed E-state index contributed by atoms with van der Waals surface area (Å²) in [6.07, 6.45) is -7.85. The number of esters is 6. The maximum atomic E-state index is 14.8. The summed E-state index contributed by atoms with van der Waals surface area (Å²) in [7, 11) is 1.20. The molecular weight excluding hydrogens is 950 g/mol. The van der Waals surface area contributed by atoms with Crippen molar-refractivity contribution in [1.29, 1.82) is 0 Å². The summed E-state index contributed by atoms with van der Waals surface area (Å²) in [5.41, 5.74) is -0.195. The molecule has 366 valence electrons. The Morgan fingerprint density at radius 2 is 1.07 bits per heavy atom. The topological polar surface area (TPSA) is 220 Å². The third kappa shape index (κ3) is 9.66. The van der Waals surface area contributed by atoms with Gasteiger partial charge in [0.2, 0.25) is 5.65 Å². The molecule has 20 heteroatoms. The van der Waals surface area contributed by atoms with E-state index in [2.05, 4.69) is 20.6 Å². The number of halogens is 1. The zero-order chi connectivity index (χ0) is 50.5. The van der Waals surface area contributed by atoms with Crippen LogP contribution in [0.1, 0.15) is 77.6 Å². The summed E-state index contributed by atoms with van der Waals surface area (Å²) in [6.45, 7) is 2.76. The molecule has 2 aliphatic rings. The summed E-state index contributed by atoms with van der Waals surface area (Å²) in [6, 6.07) is 36.8. The zero-order valence-electron chi connectivity index (χ0n) is 38.7. The van der Waals surface area contributed by atoms with Crippen LogP contribution >= 0.6 is 11.6 Å². The number of tetrazole rings is 1. The van der Waals surface area contributed by atoms with E-state index in [-0.39, 0.29) is 50.7 Å². The van der Waals surface area contributed by atoms with Crippen molar-refractivity contribution in [3.63, 3.8) is 0 Å². The lowest BCUT2D eigenvalue weighted by molar-refractivity contribution is -0.146. The average molecular weight is 994 g/mol. The van der Waals surface area contributed by atoms with Gasteiger partial charge in [0.15, 0.2) is 29.6 Å². The van der Waals surface area contributed by atoms with Crippen LogP contribution in [-0.4, -0.2) is 116 Å². The van der Waals surface area contributed by atoms with E-state index in [9.17, 15) is 28.8 Å². The summed E-state index contributed by atoms with van der Waals surface area (Å²) < 4.78 is 38.2. The molecule has 19 nitrogen and oxygen atoms in total. The van der Waals surface area contributed by atoms with Gasteiger partial charge in [-0.05, 0) is 84.9 Å². The molecule has 1 saturated heterocycles. The number of hydrogen-bond acceptors (Lipinski definition) is 18. The number of benzene rings is 5. The normalized spacial score (nSPS) is 17.3. The molecule has 4 heterocycles. The Labute approximate surface area is 416 Å². The molecule has 0 bridgehead atoms. The average Bonchev–Trinajstić information content (AvgIpc) is 4.12. The Kier molecular flexibility index (Phi) is 14.0. The molecule has 0 radical (unpaired) electrons. The van der Waals surface area contributed by atoms with Crippen LogP contribution in [0.4, 0.5) is 5.69 Å². The summed E-state index contributed by atoms with van der Waals surface area (Å²) in [5, 5.41) is 19.5. The van der Waals surface area contributed by atoms with Gasteiger partial charge in [0.05, 0.1) is 52.1 Å². The largest absolute Gasteiger partial charge is 0.467 e. The van der Waals surface area contributed by atoms with Crippen LogP contribution in [0.3, 0.4) is 0 Å². The maximum Gasteiger partial charge on any atom is 0.338 e. The molecule has 0 unspecified atom stereocenters. The number of nitrogens with zero attached hydrogens (tertiary/aromatic N) is 7. The summed E-state index contributed by atoms with van der Waals surface area (Å²) >= 11 is 6.96. The van der Waals surface area contributed by atoms with Gasteiger partial charge in [-0.25, -0.2) is 33.8 Å². The number of fused-ring (bicyclic) bond motifs is 5. The first-order chi connectivity index (χ1) is 34.8. The van der Waals surface area contributed by atoms with Crippen LogP contribution in [0.2, 0.25) is 5.15 Å². The van der Waals surface area contributed by atoms with Gasteiger partial charge in [-0.15, -0.1) is 14.8 Å². The van der Waals surface area contributed by atoms with Crippen LogP contribution in [0.25, 0.3) is 5.65 Å². The van der Waals surface area contributed by atoms with Crippen molar-refractivity contribution in [2.75, 3.05) is 18.7 Å². The molecule has 0 amide bonds. The summed E-state index contributed by atoms with van der Waals surface area (Å²) in [5.74, 6) is -5.48. The number of carbonyl (C=O) groups is 6. The fourth-order valence-corrected chi connectivity index (χ4v) is 9.30. The van der Waals surface area contributed by atoms with E-state index in [1.54, 1.807) is 115 Å². The molecule has 2 aromatic heterocycles. The third-order valence-corrected chi connectivity index (χ3v) is 12.5. The van der Waals surface area contributed by atoms with Gasteiger partial charge >= 0.3 is 35.8 Å². The molecule has 0 saturated carbocycles. The first-order valence-corrected chi connectivity index (χ1v) is 22.9. The number of anilines is 1. The second-order valence-electron chi connectivity index (χ2n) is 17.1. The Bertz CT molecular complexity index is 3120. The second kappa shape index (κ2) is 20.8. The van der Waals surface area contributed by atoms with Crippen molar-refractivity contribution in [3.05, 3.63) is 190 Å². The first-order valence-electron chi connectivity index (χ1n) is 22.6. The molecule has 7 aromatic rings. The van der Waals surface area contributed by atoms with Gasteiger partial charge in [0, 0.05) is 6.42 Å². The molecule has 0 aliphatic carbocycles. The molecular formula is C52H44ClN7O12. The zero-order valence-corrected chi connectivity index (χ0v) is 39.5. The Morgan fingerprint density at radius 1 is 0.625 bits per heavy atom. The van der Waals surface area contributed by atoms with Gasteiger partial charge in [0.1, 0.15) is 18.3 Å². The number of ether oxygens (including phenoxy) is 6. The first kappa shape index (κ1) is 48.5. The minimum atomic E-state index is -1.99. The van der Waals surface area contributed by atoms with E-state index in [0.29, 0.717) is 5.56 Å². The number of hydrogen-bond donors (Lipinski definition) is 0. The van der Waals surface area contributed by atoms with Crippen molar-refractivity contribution in [2.24, 2.45) is 0 Å². The molecule has 9 rings (SSSR count). The van der Waals surface area contributed by atoms with Crippen molar-refractivity contribution in [3.8, 4) is 0 Å². The monoisotopic (exact) mass is 993 g/mol. The highest BCUT2D eigenvalue weighted by Gasteiger charge is 2.63. The predicted octanol–water partition coefficient (Wildman–Crippen LogP) is 6.52. The van der Waals surface area contributed by atoms with E-state index < -0.39 is 84.5 Å². The number of aromatic nitrogens is 5. The minimum Gasteiger partial charge on any atom is -0.467 e. The van der Waals surface area contributed by atoms with Crippen LogP contribution in [0.5, 0.6) is 0 Å². The fourth-order valence-electron chi connectivity index (χ4n) is 9.05. The van der Waals surface area contributed by atoms with Crippen molar-refractivity contribution in [1.82, 2.24) is 30.3 Å². The molecule has 1 fully saturated rings. The van der Waals surface area contributed by atoms with E-state index in [1.807, 2.05) is 0 Å². The van der Waals surface area contributed by atoms with Gasteiger partial charge in [-0.3, -0.25) is 5.01 Å². The highest BCUT2D eigenvalue weighted by Crippen LogP contribution is 2.55. The Morgan fingerprint density at radius 3 is 1.56 bits per heavy atom. The maximum absolute atomic E-state index is 14.8. The Balaban J connectivity index is 1.27. The quantitative estimate of drug-likeness (QED) is 0.0743. The fraction of sp³-hybridized carbons (Fsp3) is 0.231. The summed E-state index contributed by atoms with van der Waals surface area (Å²) in [4.78, 5) is 86.4. The van der Waals surface area contributed by atoms with Gasteiger partial charge in [-0.2, -0.15) is 0 Å². The molecule has 72 heavy (non-hydrogen) atoms. The van der Waals surface area contributed by atoms with Crippen molar-refractivity contribution < 1.29 is 57.2 Å². The number of methoxy groups -OCH3 is 1. The number of carbonyl (C=O) groups excluding carboxylic acids is 6. The molecule has 2 aliphatic heterocycles. The van der Waals surface area contributed by atoms with E-state index in [0.717, 1.165) is 4.63 Å². The van der Waals surface area contributed by atoms with Crippen LogP contribution in [-0.2, 0) is 38.8 Å². The molecule has 6 atom stereocenters. The number of rotatable bonds is 16. The minimum absolute atomic E-state index is 0.0184. The SMILES string of the molecule is COC(=O)[C@@H]1C[C@@H]([C@H](OC(=O)c2ccccc2)[C@@H](OC(=O)c2ccccc2)[C@H](OC(=O)c2ccccc2)[C@@H](COC(=O)c2ccccc2)OC(=O)c2ccccc2)N2N1c1c(Cl)nn3nnnc3c1C2(C)C. The molecule has 5 aromatic carbocycles. The lowest BCUT2D eigenvalue weighted by Gasteiger charge is -2.43. The van der Waals surface area contributed by atoms with Crippen molar-refractivity contribution >= 4 is 58.8 Å². The highest BCUT2D eigenvalue weighted by atomic mass is 35.5. The van der Waals surface area contributed by atoms with Crippen molar-refractivity contribution in [2.45, 2.75) is 62.3 Å². The Hall–Kier alpha value is -8.55. The van der Waals surface area contributed by atoms with Gasteiger partial charge < -0.3 is 28.4 Å².